The molecule has 2 heterocycles. The average Bonchev–Trinajstić information content (AvgIpc) is 2.71. The van der Waals surface area contributed by atoms with Gasteiger partial charge in [0.05, 0.1) is 11.8 Å². The number of nitrogens with zero attached hydrogens (tertiary/aromatic N) is 3. The molecule has 0 amide bonds. The van der Waals surface area contributed by atoms with Crippen LogP contribution in [-0.2, 0) is 6.54 Å². The fourth-order valence-corrected chi connectivity index (χ4v) is 1.58. The molecule has 0 bridgehead atoms. The minimum Gasteiger partial charge on any atom is -0.272 e. The molecule has 0 saturated heterocycles. The van der Waals surface area contributed by atoms with Crippen molar-refractivity contribution in [2.24, 2.45) is 0 Å². The van der Waals surface area contributed by atoms with E-state index >= 15 is 0 Å². The van der Waals surface area contributed by atoms with Crippen LogP contribution in [0.15, 0.2) is 17.2 Å². The quantitative estimate of drug-likeness (QED) is 0.769. The van der Waals surface area contributed by atoms with E-state index in [1.165, 1.54) is 0 Å². The van der Waals surface area contributed by atoms with Crippen molar-refractivity contribution in [3.63, 3.8) is 0 Å². The summed E-state index contributed by atoms with van der Waals surface area (Å²) < 4.78 is 1.79. The summed E-state index contributed by atoms with van der Waals surface area (Å²) in [6.07, 6.45) is 3.57. The van der Waals surface area contributed by atoms with Crippen LogP contribution in [0.2, 0.25) is 0 Å². The molecule has 1 N–H and O–H groups in total. The van der Waals surface area contributed by atoms with Gasteiger partial charge in [-0.05, 0) is 6.92 Å². The van der Waals surface area contributed by atoms with Gasteiger partial charge >= 0.3 is 4.87 Å². The minimum atomic E-state index is -0.140. The van der Waals surface area contributed by atoms with Crippen molar-refractivity contribution in [3.8, 4) is 10.6 Å². The summed E-state index contributed by atoms with van der Waals surface area (Å²) >= 11 is 1.09. The van der Waals surface area contributed by atoms with E-state index in [0.717, 1.165) is 23.4 Å². The van der Waals surface area contributed by atoms with E-state index in [-0.39, 0.29) is 4.87 Å². The van der Waals surface area contributed by atoms with Gasteiger partial charge in [0.25, 0.3) is 0 Å². The Kier molecular flexibility index (Phi) is 1.97. The maximum Gasteiger partial charge on any atom is 0.322 e. The van der Waals surface area contributed by atoms with Gasteiger partial charge in [0.1, 0.15) is 0 Å². The summed E-state index contributed by atoms with van der Waals surface area (Å²) in [5.74, 6) is 0. The molecule has 2 aromatic rings. The normalized spacial score (nSPS) is 10.5. The minimum absolute atomic E-state index is 0.140. The molecule has 0 radical (unpaired) electrons. The highest BCUT2D eigenvalue weighted by atomic mass is 32.1. The largest absolute Gasteiger partial charge is 0.322 e. The molecule has 0 aliphatic carbocycles. The summed E-state index contributed by atoms with van der Waals surface area (Å²) in [6.45, 7) is 2.82. The molecule has 0 saturated carbocycles. The average molecular weight is 196 g/mol. The Morgan fingerprint density at radius 1 is 1.69 bits per heavy atom. The van der Waals surface area contributed by atoms with Crippen LogP contribution in [-0.4, -0.2) is 20.0 Å². The lowest BCUT2D eigenvalue weighted by Crippen LogP contribution is -1.91. The molecule has 2 rings (SSSR count). The molecule has 13 heavy (non-hydrogen) atoms. The predicted molar refractivity (Wildman–Crippen MR) is 49.6 cm³/mol. The van der Waals surface area contributed by atoms with E-state index in [4.69, 9.17) is 0 Å². The topological polar surface area (TPSA) is 63.6 Å². The smallest absolute Gasteiger partial charge is 0.272 e. The first-order valence-electron chi connectivity index (χ1n) is 3.88. The van der Waals surface area contributed by atoms with Gasteiger partial charge in [-0.2, -0.15) is 10.2 Å². The van der Waals surface area contributed by atoms with Crippen LogP contribution in [0.5, 0.6) is 0 Å². The third-order valence-corrected chi connectivity index (χ3v) is 2.44. The second-order valence-electron chi connectivity index (χ2n) is 2.50. The number of H-pyrrole nitrogens is 1. The van der Waals surface area contributed by atoms with Crippen LogP contribution in [0, 0.1) is 0 Å². The van der Waals surface area contributed by atoms with Crippen molar-refractivity contribution < 1.29 is 0 Å². The summed E-state index contributed by atoms with van der Waals surface area (Å²) in [6, 6.07) is 0. The Balaban J connectivity index is 2.40. The molecule has 0 aromatic carbocycles. The van der Waals surface area contributed by atoms with Gasteiger partial charge < -0.3 is 0 Å². The standard InChI is InChI=1S/C7H8N4OS/c1-2-11-4-5(3-8-11)6-9-10-7(12)13-6/h3-4H,2H2,1H3,(H,10,12). The first kappa shape index (κ1) is 8.18. The van der Waals surface area contributed by atoms with E-state index in [9.17, 15) is 4.79 Å². The first-order chi connectivity index (χ1) is 6.29. The Bertz CT molecular complexity index is 455. The number of aromatic amines is 1. The highest BCUT2D eigenvalue weighted by Gasteiger charge is 2.04. The number of rotatable bonds is 2. The molecule has 0 aliphatic rings. The molecule has 0 atom stereocenters. The predicted octanol–water partition coefficient (Wildman–Crippen LogP) is 0.715. The number of hydrogen-bond donors (Lipinski definition) is 1. The number of aromatic nitrogens is 4. The fraction of sp³-hybridized carbons (Fsp3) is 0.286. The van der Waals surface area contributed by atoms with Gasteiger partial charge in [-0.25, -0.2) is 5.10 Å². The van der Waals surface area contributed by atoms with Crippen molar-refractivity contribution in [3.05, 3.63) is 22.1 Å². The summed E-state index contributed by atoms with van der Waals surface area (Å²) in [5, 5.41) is 11.0. The molecule has 0 spiro atoms. The van der Waals surface area contributed by atoms with Gasteiger partial charge in [0.15, 0.2) is 5.01 Å². The van der Waals surface area contributed by atoms with Crippen LogP contribution >= 0.6 is 11.3 Å². The molecule has 0 fully saturated rings. The van der Waals surface area contributed by atoms with Crippen molar-refractivity contribution in [1.29, 1.82) is 0 Å². The fourth-order valence-electron chi connectivity index (χ4n) is 1.00. The van der Waals surface area contributed by atoms with Crippen molar-refractivity contribution >= 4 is 11.3 Å². The second kappa shape index (κ2) is 3.14. The monoisotopic (exact) mass is 196 g/mol. The maximum absolute atomic E-state index is 10.8. The van der Waals surface area contributed by atoms with E-state index in [1.54, 1.807) is 10.9 Å². The van der Waals surface area contributed by atoms with E-state index in [2.05, 4.69) is 15.3 Å². The third-order valence-electron chi connectivity index (χ3n) is 1.64. The van der Waals surface area contributed by atoms with Gasteiger partial charge in [0, 0.05) is 12.7 Å². The zero-order valence-electron chi connectivity index (χ0n) is 7.02. The number of aryl methyl sites for hydroxylation is 1. The highest BCUT2D eigenvalue weighted by Crippen LogP contribution is 2.16. The van der Waals surface area contributed by atoms with E-state index in [1.807, 2.05) is 13.1 Å². The number of nitrogens with one attached hydrogen (secondary N) is 1. The lowest BCUT2D eigenvalue weighted by atomic mass is 10.4. The third kappa shape index (κ3) is 1.52. The molecule has 0 aliphatic heterocycles. The lowest BCUT2D eigenvalue weighted by molar-refractivity contribution is 0.660. The van der Waals surface area contributed by atoms with Gasteiger partial charge in [0.2, 0.25) is 0 Å². The Morgan fingerprint density at radius 2 is 2.54 bits per heavy atom. The Morgan fingerprint density at radius 3 is 3.08 bits per heavy atom. The highest BCUT2D eigenvalue weighted by molar-refractivity contribution is 7.12. The molecular weight excluding hydrogens is 188 g/mol. The van der Waals surface area contributed by atoms with Crippen LogP contribution in [0.3, 0.4) is 0 Å². The zero-order valence-corrected chi connectivity index (χ0v) is 7.84. The Hall–Kier alpha value is -1.43. The summed E-state index contributed by atoms with van der Waals surface area (Å²) in [5.41, 5.74) is 0.880. The zero-order chi connectivity index (χ0) is 9.26. The molecule has 68 valence electrons. The van der Waals surface area contributed by atoms with Gasteiger partial charge in [-0.15, -0.1) is 0 Å². The van der Waals surface area contributed by atoms with Crippen molar-refractivity contribution in [2.45, 2.75) is 13.5 Å². The van der Waals surface area contributed by atoms with Crippen molar-refractivity contribution in [1.82, 2.24) is 20.0 Å². The van der Waals surface area contributed by atoms with E-state index in [0.29, 0.717) is 5.01 Å². The van der Waals surface area contributed by atoms with Crippen molar-refractivity contribution in [2.75, 3.05) is 0 Å². The molecule has 2 aromatic heterocycles. The molecular formula is C7H8N4OS. The second-order valence-corrected chi connectivity index (χ2v) is 3.46. The summed E-state index contributed by atoms with van der Waals surface area (Å²) in [7, 11) is 0. The van der Waals surface area contributed by atoms with Crippen LogP contribution in [0.4, 0.5) is 0 Å². The van der Waals surface area contributed by atoms with Crippen LogP contribution < -0.4 is 4.87 Å². The van der Waals surface area contributed by atoms with E-state index < -0.39 is 0 Å². The number of hydrogen-bond acceptors (Lipinski definition) is 4. The van der Waals surface area contributed by atoms with Gasteiger partial charge in [-0.1, -0.05) is 11.3 Å². The van der Waals surface area contributed by atoms with Crippen LogP contribution in [0.25, 0.3) is 10.6 Å². The molecule has 5 nitrogen and oxygen atoms in total. The maximum atomic E-state index is 10.8. The summed E-state index contributed by atoms with van der Waals surface area (Å²) in [4.78, 5) is 10.7. The molecule has 0 unspecified atom stereocenters. The Labute approximate surface area is 78.0 Å². The lowest BCUT2D eigenvalue weighted by Gasteiger charge is -1.89. The first-order valence-corrected chi connectivity index (χ1v) is 4.69. The SMILES string of the molecule is CCn1cc(-c2n[nH]c(=O)s2)cn1. The van der Waals surface area contributed by atoms with Gasteiger partial charge in [-0.3, -0.25) is 9.48 Å². The van der Waals surface area contributed by atoms with Crippen LogP contribution in [0.1, 0.15) is 6.92 Å². The molecule has 6 heteroatoms.